The van der Waals surface area contributed by atoms with Crippen LogP contribution in [0.1, 0.15) is 30.4 Å². The lowest BCUT2D eigenvalue weighted by atomic mass is 10.3. The van der Waals surface area contributed by atoms with E-state index in [9.17, 15) is 4.79 Å². The highest BCUT2D eigenvalue weighted by Gasteiger charge is 2.14. The van der Waals surface area contributed by atoms with Gasteiger partial charge < -0.3 is 25.5 Å². The normalized spacial score (nSPS) is 10.9. The minimum atomic E-state index is -0.173. The van der Waals surface area contributed by atoms with Crippen LogP contribution in [0.4, 0.5) is 5.69 Å². The van der Waals surface area contributed by atoms with Crippen molar-refractivity contribution in [3.05, 3.63) is 18.0 Å². The first kappa shape index (κ1) is 14.5. The number of amides is 1. The van der Waals surface area contributed by atoms with E-state index < -0.39 is 0 Å². The Morgan fingerprint density at radius 3 is 2.89 bits per heavy atom. The number of hydrogen-bond acceptors (Lipinski definition) is 4. The SMILES string of the molecule is CC(C)n1cc(N)cc1C(=O)NCCOCCO. The maximum absolute atomic E-state index is 11.9. The van der Waals surface area contributed by atoms with Gasteiger partial charge in [-0.05, 0) is 19.9 Å². The van der Waals surface area contributed by atoms with Crippen LogP contribution in [-0.2, 0) is 4.74 Å². The maximum Gasteiger partial charge on any atom is 0.268 e. The number of hydrogen-bond donors (Lipinski definition) is 3. The fourth-order valence-electron chi connectivity index (χ4n) is 1.60. The van der Waals surface area contributed by atoms with Gasteiger partial charge >= 0.3 is 0 Å². The van der Waals surface area contributed by atoms with Gasteiger partial charge in [-0.3, -0.25) is 4.79 Å². The molecule has 0 fully saturated rings. The second-order valence-electron chi connectivity index (χ2n) is 4.25. The largest absolute Gasteiger partial charge is 0.397 e. The van der Waals surface area contributed by atoms with Crippen molar-refractivity contribution in [1.82, 2.24) is 9.88 Å². The molecule has 0 saturated heterocycles. The molecule has 0 atom stereocenters. The molecule has 0 spiro atoms. The lowest BCUT2D eigenvalue weighted by Crippen LogP contribution is -2.29. The summed E-state index contributed by atoms with van der Waals surface area (Å²) < 4.78 is 6.89. The van der Waals surface area contributed by atoms with Crippen LogP contribution in [0, 0.1) is 0 Å². The summed E-state index contributed by atoms with van der Waals surface area (Å²) in [5.41, 5.74) is 6.82. The predicted octanol–water partition coefficient (Wildman–Crippen LogP) is 0.390. The molecule has 18 heavy (non-hydrogen) atoms. The number of aliphatic hydroxyl groups is 1. The van der Waals surface area contributed by atoms with E-state index in [1.54, 1.807) is 12.3 Å². The highest BCUT2D eigenvalue weighted by Crippen LogP contribution is 2.16. The van der Waals surface area contributed by atoms with Crippen molar-refractivity contribution in [3.8, 4) is 0 Å². The van der Waals surface area contributed by atoms with E-state index in [1.807, 2.05) is 18.4 Å². The second-order valence-corrected chi connectivity index (χ2v) is 4.25. The summed E-state index contributed by atoms with van der Waals surface area (Å²) in [6.07, 6.45) is 1.75. The average Bonchev–Trinajstić information content (AvgIpc) is 2.71. The third-order valence-electron chi connectivity index (χ3n) is 2.43. The molecular formula is C12H21N3O3. The number of nitrogens with one attached hydrogen (secondary N) is 1. The Morgan fingerprint density at radius 2 is 2.28 bits per heavy atom. The first-order valence-corrected chi connectivity index (χ1v) is 6.00. The van der Waals surface area contributed by atoms with Crippen LogP contribution >= 0.6 is 0 Å². The summed E-state index contributed by atoms with van der Waals surface area (Å²) in [5, 5.41) is 11.3. The Labute approximate surface area is 107 Å². The van der Waals surface area contributed by atoms with Crippen LogP contribution in [0.3, 0.4) is 0 Å². The number of carbonyl (C=O) groups excluding carboxylic acids is 1. The lowest BCUT2D eigenvalue weighted by Gasteiger charge is -2.12. The van der Waals surface area contributed by atoms with Gasteiger partial charge in [0.05, 0.1) is 25.5 Å². The van der Waals surface area contributed by atoms with Crippen molar-refractivity contribution in [3.63, 3.8) is 0 Å². The van der Waals surface area contributed by atoms with Crippen molar-refractivity contribution in [2.75, 3.05) is 32.1 Å². The summed E-state index contributed by atoms with van der Waals surface area (Å²) in [6.45, 7) is 5.03. The number of rotatable bonds is 7. The Morgan fingerprint density at radius 1 is 1.56 bits per heavy atom. The number of nitrogens with two attached hydrogens (primary N) is 1. The van der Waals surface area contributed by atoms with Crippen molar-refractivity contribution in [2.45, 2.75) is 19.9 Å². The zero-order chi connectivity index (χ0) is 13.5. The minimum Gasteiger partial charge on any atom is -0.397 e. The quantitative estimate of drug-likeness (QED) is 0.615. The number of aromatic nitrogens is 1. The van der Waals surface area contributed by atoms with Gasteiger partial charge in [0, 0.05) is 18.8 Å². The van der Waals surface area contributed by atoms with Crippen LogP contribution in [-0.4, -0.2) is 41.9 Å². The lowest BCUT2D eigenvalue weighted by molar-refractivity contribution is 0.0832. The molecule has 0 unspecified atom stereocenters. The van der Waals surface area contributed by atoms with Crippen molar-refractivity contribution in [2.24, 2.45) is 0 Å². The third-order valence-corrected chi connectivity index (χ3v) is 2.43. The molecule has 0 bridgehead atoms. The fourth-order valence-corrected chi connectivity index (χ4v) is 1.60. The van der Waals surface area contributed by atoms with Gasteiger partial charge in [-0.15, -0.1) is 0 Å². The predicted molar refractivity (Wildman–Crippen MR) is 69.5 cm³/mol. The molecule has 6 nitrogen and oxygen atoms in total. The van der Waals surface area contributed by atoms with Gasteiger partial charge in [0.2, 0.25) is 0 Å². The monoisotopic (exact) mass is 255 g/mol. The summed E-state index contributed by atoms with van der Waals surface area (Å²) in [5.74, 6) is -0.173. The van der Waals surface area contributed by atoms with Crippen LogP contribution in [0.2, 0.25) is 0 Å². The highest BCUT2D eigenvalue weighted by molar-refractivity contribution is 5.93. The summed E-state index contributed by atoms with van der Waals surface area (Å²) in [6, 6.07) is 1.83. The smallest absolute Gasteiger partial charge is 0.268 e. The van der Waals surface area contributed by atoms with E-state index in [4.69, 9.17) is 15.6 Å². The molecule has 0 aromatic carbocycles. The number of carbonyl (C=O) groups is 1. The van der Waals surface area contributed by atoms with E-state index in [1.165, 1.54) is 0 Å². The van der Waals surface area contributed by atoms with Crippen molar-refractivity contribution < 1.29 is 14.6 Å². The molecule has 0 saturated carbocycles. The molecule has 0 aliphatic heterocycles. The number of nitrogen functional groups attached to an aromatic ring is 1. The molecule has 1 heterocycles. The highest BCUT2D eigenvalue weighted by atomic mass is 16.5. The Hall–Kier alpha value is -1.53. The van der Waals surface area contributed by atoms with Gasteiger partial charge in [0.25, 0.3) is 5.91 Å². The number of aliphatic hydroxyl groups excluding tert-OH is 1. The number of nitrogens with zero attached hydrogens (tertiary/aromatic N) is 1. The Bertz CT molecular complexity index is 388. The van der Waals surface area contributed by atoms with E-state index >= 15 is 0 Å². The topological polar surface area (TPSA) is 89.5 Å². The van der Waals surface area contributed by atoms with Gasteiger partial charge in [-0.2, -0.15) is 0 Å². The molecule has 0 aliphatic rings. The molecule has 102 valence electrons. The van der Waals surface area contributed by atoms with Gasteiger partial charge in [0.1, 0.15) is 5.69 Å². The molecule has 1 rings (SSSR count). The van der Waals surface area contributed by atoms with Crippen LogP contribution in [0.25, 0.3) is 0 Å². The summed E-state index contributed by atoms with van der Waals surface area (Å²) >= 11 is 0. The van der Waals surface area contributed by atoms with Gasteiger partial charge in [0.15, 0.2) is 0 Å². The van der Waals surface area contributed by atoms with E-state index in [2.05, 4.69) is 5.32 Å². The molecule has 6 heteroatoms. The second kappa shape index (κ2) is 7.03. The van der Waals surface area contributed by atoms with Gasteiger partial charge in [-0.25, -0.2) is 0 Å². The first-order chi connectivity index (χ1) is 8.56. The number of ether oxygens (including phenoxy) is 1. The standard InChI is InChI=1S/C12H21N3O3/c1-9(2)15-8-10(13)7-11(15)12(17)14-3-5-18-6-4-16/h7-9,16H,3-6,13H2,1-2H3,(H,14,17). The minimum absolute atomic E-state index is 0.0132. The summed E-state index contributed by atoms with van der Waals surface area (Å²) in [4.78, 5) is 11.9. The molecule has 4 N–H and O–H groups in total. The van der Waals surface area contributed by atoms with E-state index in [0.29, 0.717) is 24.5 Å². The molecule has 1 aromatic rings. The molecular weight excluding hydrogens is 234 g/mol. The summed E-state index contributed by atoms with van der Waals surface area (Å²) in [7, 11) is 0. The Balaban J connectivity index is 2.51. The third kappa shape index (κ3) is 4.05. The molecule has 1 amide bonds. The van der Waals surface area contributed by atoms with Crippen LogP contribution in [0.5, 0.6) is 0 Å². The van der Waals surface area contributed by atoms with Crippen LogP contribution < -0.4 is 11.1 Å². The molecule has 1 aromatic heterocycles. The van der Waals surface area contributed by atoms with Crippen molar-refractivity contribution >= 4 is 11.6 Å². The Kier molecular flexibility index (Phi) is 5.67. The van der Waals surface area contributed by atoms with E-state index in [0.717, 1.165) is 0 Å². The molecule has 0 aliphatic carbocycles. The molecule has 0 radical (unpaired) electrons. The average molecular weight is 255 g/mol. The van der Waals surface area contributed by atoms with Gasteiger partial charge in [-0.1, -0.05) is 0 Å². The maximum atomic E-state index is 11.9. The zero-order valence-corrected chi connectivity index (χ0v) is 10.8. The fraction of sp³-hybridized carbons (Fsp3) is 0.583. The zero-order valence-electron chi connectivity index (χ0n) is 10.8. The first-order valence-electron chi connectivity index (χ1n) is 6.00. The van der Waals surface area contributed by atoms with E-state index in [-0.39, 0.29) is 25.2 Å². The van der Waals surface area contributed by atoms with Crippen molar-refractivity contribution in [1.29, 1.82) is 0 Å². The van der Waals surface area contributed by atoms with Crippen LogP contribution in [0.15, 0.2) is 12.3 Å². The number of anilines is 1.